The van der Waals surface area contributed by atoms with Gasteiger partial charge in [-0.05, 0) is 24.6 Å². The number of aliphatic carboxylic acids is 1. The molecule has 0 bridgehead atoms. The van der Waals surface area contributed by atoms with Gasteiger partial charge in [0.2, 0.25) is 10.0 Å². The molecule has 21 heavy (non-hydrogen) atoms. The van der Waals surface area contributed by atoms with Crippen LogP contribution in [0.25, 0.3) is 0 Å². The predicted octanol–water partition coefficient (Wildman–Crippen LogP) is 0.545. The van der Waals surface area contributed by atoms with Crippen molar-refractivity contribution >= 4 is 25.8 Å². The molecule has 1 unspecified atom stereocenters. The van der Waals surface area contributed by atoms with Gasteiger partial charge in [-0.2, -0.15) is 0 Å². The number of benzene rings is 1. The topological polar surface area (TPSA) is 118 Å². The summed E-state index contributed by atoms with van der Waals surface area (Å²) in [6.07, 6.45) is 0.606. The molecule has 0 spiro atoms. The molecular formula is C12H17NO6S2. The van der Waals surface area contributed by atoms with E-state index < -0.39 is 44.0 Å². The predicted molar refractivity (Wildman–Crippen MR) is 77.1 cm³/mol. The Morgan fingerprint density at radius 1 is 1.19 bits per heavy atom. The largest absolute Gasteiger partial charge is 0.481 e. The fraction of sp³-hybridized carbons (Fsp3) is 0.417. The fourth-order valence-corrected chi connectivity index (χ4v) is 3.49. The molecule has 9 heteroatoms. The van der Waals surface area contributed by atoms with Crippen LogP contribution in [-0.2, 0) is 24.7 Å². The molecule has 0 radical (unpaired) electrons. The number of carboxylic acids is 1. The molecule has 0 amide bonds. The van der Waals surface area contributed by atoms with Crippen molar-refractivity contribution in [2.45, 2.75) is 24.3 Å². The van der Waals surface area contributed by atoms with E-state index in [2.05, 4.69) is 4.72 Å². The van der Waals surface area contributed by atoms with Gasteiger partial charge in [-0.3, -0.25) is 4.79 Å². The molecule has 0 aliphatic carbocycles. The molecule has 118 valence electrons. The van der Waals surface area contributed by atoms with E-state index in [4.69, 9.17) is 5.11 Å². The Kier molecular flexibility index (Phi) is 5.48. The van der Waals surface area contributed by atoms with Crippen molar-refractivity contribution in [2.24, 2.45) is 0 Å². The smallest absolute Gasteiger partial charge is 0.304 e. The van der Waals surface area contributed by atoms with Gasteiger partial charge in [0, 0.05) is 12.3 Å². The van der Waals surface area contributed by atoms with Crippen molar-refractivity contribution in [1.29, 1.82) is 0 Å². The van der Waals surface area contributed by atoms with Gasteiger partial charge in [0.1, 0.15) is 0 Å². The lowest BCUT2D eigenvalue weighted by Crippen LogP contribution is -2.30. The number of sulfone groups is 1. The van der Waals surface area contributed by atoms with E-state index in [9.17, 15) is 21.6 Å². The number of hydrogen-bond donors (Lipinski definition) is 2. The van der Waals surface area contributed by atoms with Crippen molar-refractivity contribution in [3.8, 4) is 0 Å². The maximum atomic E-state index is 11.7. The van der Waals surface area contributed by atoms with Crippen molar-refractivity contribution in [3.63, 3.8) is 0 Å². The number of rotatable bonds is 7. The number of carbonyl (C=O) groups is 1. The van der Waals surface area contributed by atoms with E-state index in [1.807, 2.05) is 0 Å². The Hall–Kier alpha value is -1.45. The van der Waals surface area contributed by atoms with Crippen LogP contribution >= 0.6 is 0 Å². The van der Waals surface area contributed by atoms with Gasteiger partial charge in [0.05, 0.1) is 17.1 Å². The standard InChI is InChI=1S/C12H17NO6S2/c1-9(13-21(18,19)8-7-12(14)15)10-3-5-11(6-4-10)20(2,16)17/h3-6,9,13H,7-8H2,1-2H3,(H,14,15). The zero-order valence-corrected chi connectivity index (χ0v) is 13.2. The van der Waals surface area contributed by atoms with Crippen LogP contribution in [0.5, 0.6) is 0 Å². The first-order valence-electron chi connectivity index (χ1n) is 6.03. The van der Waals surface area contributed by atoms with Gasteiger partial charge in [0.25, 0.3) is 0 Å². The maximum Gasteiger partial charge on any atom is 0.304 e. The first-order chi connectivity index (χ1) is 9.51. The molecule has 0 aliphatic heterocycles. The second-order valence-corrected chi connectivity index (χ2v) is 8.53. The Balaban J connectivity index is 2.80. The molecule has 7 nitrogen and oxygen atoms in total. The highest BCUT2D eigenvalue weighted by Crippen LogP contribution is 2.17. The molecule has 0 fully saturated rings. The van der Waals surface area contributed by atoms with Crippen molar-refractivity contribution in [3.05, 3.63) is 29.8 Å². The van der Waals surface area contributed by atoms with Gasteiger partial charge in [-0.1, -0.05) is 12.1 Å². The number of hydrogen-bond acceptors (Lipinski definition) is 5. The summed E-state index contributed by atoms with van der Waals surface area (Å²) in [7, 11) is -7.01. The maximum absolute atomic E-state index is 11.7. The normalized spacial score (nSPS) is 13.8. The lowest BCUT2D eigenvalue weighted by molar-refractivity contribution is -0.136. The van der Waals surface area contributed by atoms with E-state index in [0.29, 0.717) is 5.56 Å². The van der Waals surface area contributed by atoms with E-state index in [1.54, 1.807) is 6.92 Å². The molecule has 1 atom stereocenters. The summed E-state index contributed by atoms with van der Waals surface area (Å²) in [5, 5.41) is 8.49. The molecule has 2 N–H and O–H groups in total. The van der Waals surface area contributed by atoms with Crippen molar-refractivity contribution in [2.75, 3.05) is 12.0 Å². The molecule has 0 aromatic heterocycles. The molecule has 1 rings (SSSR count). The van der Waals surface area contributed by atoms with Crippen molar-refractivity contribution < 1.29 is 26.7 Å². The Morgan fingerprint density at radius 2 is 1.71 bits per heavy atom. The molecule has 0 saturated carbocycles. The highest BCUT2D eigenvalue weighted by Gasteiger charge is 2.17. The third kappa shape index (κ3) is 5.82. The lowest BCUT2D eigenvalue weighted by atomic mass is 10.1. The SMILES string of the molecule is CC(NS(=O)(=O)CCC(=O)O)c1ccc(S(C)(=O)=O)cc1. The third-order valence-corrected chi connectivity index (χ3v) is 5.33. The van der Waals surface area contributed by atoms with Gasteiger partial charge in [-0.25, -0.2) is 21.6 Å². The Labute approximate surface area is 124 Å². The van der Waals surface area contributed by atoms with Crippen LogP contribution in [0, 0.1) is 0 Å². The van der Waals surface area contributed by atoms with E-state index in [-0.39, 0.29) is 4.90 Å². The van der Waals surface area contributed by atoms with Gasteiger partial charge >= 0.3 is 5.97 Å². The molecular weight excluding hydrogens is 318 g/mol. The van der Waals surface area contributed by atoms with Crippen LogP contribution in [0.15, 0.2) is 29.2 Å². The minimum atomic E-state index is -3.71. The van der Waals surface area contributed by atoms with Gasteiger partial charge in [0.15, 0.2) is 9.84 Å². The van der Waals surface area contributed by atoms with Crippen LogP contribution in [0.4, 0.5) is 0 Å². The number of sulfonamides is 1. The van der Waals surface area contributed by atoms with Crippen LogP contribution in [0.1, 0.15) is 24.9 Å². The summed E-state index contributed by atoms with van der Waals surface area (Å²) in [5.41, 5.74) is 0.585. The van der Waals surface area contributed by atoms with Crippen LogP contribution < -0.4 is 4.72 Å². The molecule has 0 saturated heterocycles. The summed E-state index contributed by atoms with van der Waals surface area (Å²) < 4.78 is 48.3. The lowest BCUT2D eigenvalue weighted by Gasteiger charge is -2.14. The highest BCUT2D eigenvalue weighted by atomic mass is 32.2. The molecule has 1 aromatic carbocycles. The van der Waals surface area contributed by atoms with Crippen LogP contribution in [0.3, 0.4) is 0 Å². The zero-order chi connectivity index (χ0) is 16.3. The second-order valence-electron chi connectivity index (χ2n) is 4.64. The Morgan fingerprint density at radius 3 is 2.14 bits per heavy atom. The third-order valence-electron chi connectivity index (χ3n) is 2.75. The fourth-order valence-electron chi connectivity index (χ4n) is 1.62. The molecule has 0 heterocycles. The summed E-state index contributed by atoms with van der Waals surface area (Å²) in [6.45, 7) is 1.59. The quantitative estimate of drug-likeness (QED) is 0.751. The number of nitrogens with one attached hydrogen (secondary N) is 1. The first-order valence-corrected chi connectivity index (χ1v) is 9.57. The van der Waals surface area contributed by atoms with Crippen LogP contribution in [-0.4, -0.2) is 39.9 Å². The number of carboxylic acid groups (broad SMARTS) is 1. The minimum Gasteiger partial charge on any atom is -0.481 e. The molecule has 0 aliphatic rings. The first kappa shape index (κ1) is 17.6. The second kappa shape index (κ2) is 6.54. The van der Waals surface area contributed by atoms with E-state index in [0.717, 1.165) is 6.26 Å². The van der Waals surface area contributed by atoms with Gasteiger partial charge in [-0.15, -0.1) is 0 Å². The van der Waals surface area contributed by atoms with Crippen LogP contribution in [0.2, 0.25) is 0 Å². The van der Waals surface area contributed by atoms with Gasteiger partial charge < -0.3 is 5.11 Å². The zero-order valence-electron chi connectivity index (χ0n) is 11.6. The average molecular weight is 335 g/mol. The minimum absolute atomic E-state index is 0.146. The van der Waals surface area contributed by atoms with Crippen molar-refractivity contribution in [1.82, 2.24) is 4.72 Å². The summed E-state index contributed by atoms with van der Waals surface area (Å²) in [4.78, 5) is 10.5. The van der Waals surface area contributed by atoms with E-state index in [1.165, 1.54) is 24.3 Å². The summed E-state index contributed by atoms with van der Waals surface area (Å²) in [6, 6.07) is 5.23. The highest BCUT2D eigenvalue weighted by molar-refractivity contribution is 7.90. The van der Waals surface area contributed by atoms with E-state index >= 15 is 0 Å². The Bertz CT molecular complexity index is 707. The summed E-state index contributed by atoms with van der Waals surface area (Å²) in [5.74, 6) is -1.70. The average Bonchev–Trinajstić information content (AvgIpc) is 2.35. The molecule has 1 aromatic rings. The summed E-state index contributed by atoms with van der Waals surface area (Å²) >= 11 is 0. The monoisotopic (exact) mass is 335 g/mol.